The van der Waals surface area contributed by atoms with Crippen LogP contribution in [0, 0.1) is 19.8 Å². The van der Waals surface area contributed by atoms with Gasteiger partial charge in [0.1, 0.15) is 0 Å². The van der Waals surface area contributed by atoms with Crippen LogP contribution in [-0.2, 0) is 21.4 Å². The summed E-state index contributed by atoms with van der Waals surface area (Å²) in [5.74, 6) is -0.166. The fraction of sp³-hybridized carbons (Fsp3) is 0.381. The third-order valence-corrected chi connectivity index (χ3v) is 7.68. The highest BCUT2D eigenvalue weighted by molar-refractivity contribution is 9.10. The molecule has 0 aromatic heterocycles. The van der Waals surface area contributed by atoms with E-state index in [1.807, 2.05) is 50.2 Å². The normalized spacial score (nSPS) is 16.1. The Kier molecular flexibility index (Phi) is 6.58. The molecule has 0 bridgehead atoms. The first-order valence-electron chi connectivity index (χ1n) is 9.37. The lowest BCUT2D eigenvalue weighted by molar-refractivity contribution is -0.126. The van der Waals surface area contributed by atoms with E-state index in [9.17, 15) is 13.2 Å². The molecule has 1 amide bonds. The van der Waals surface area contributed by atoms with Crippen LogP contribution in [0.1, 0.15) is 29.5 Å². The minimum atomic E-state index is -3.52. The summed E-state index contributed by atoms with van der Waals surface area (Å²) in [7, 11) is -3.52. The molecule has 1 heterocycles. The van der Waals surface area contributed by atoms with Gasteiger partial charge in [-0.3, -0.25) is 4.79 Å². The number of carbonyl (C=O) groups is 1. The van der Waals surface area contributed by atoms with Gasteiger partial charge >= 0.3 is 0 Å². The molecule has 0 radical (unpaired) electrons. The molecule has 1 aliphatic heterocycles. The van der Waals surface area contributed by atoms with Gasteiger partial charge in [0.25, 0.3) is 0 Å². The molecule has 1 fully saturated rings. The number of nitrogens with zero attached hydrogens (tertiary/aromatic N) is 1. The second kappa shape index (κ2) is 8.76. The van der Waals surface area contributed by atoms with Crippen molar-refractivity contribution in [1.29, 1.82) is 0 Å². The molecule has 0 aliphatic carbocycles. The van der Waals surface area contributed by atoms with Crippen molar-refractivity contribution in [2.24, 2.45) is 5.92 Å². The van der Waals surface area contributed by atoms with Gasteiger partial charge in [-0.2, -0.15) is 4.31 Å². The predicted molar refractivity (Wildman–Crippen MR) is 113 cm³/mol. The average Bonchev–Trinajstić information content (AvgIpc) is 2.66. The van der Waals surface area contributed by atoms with Crippen LogP contribution >= 0.6 is 15.9 Å². The maximum atomic E-state index is 13.0. The van der Waals surface area contributed by atoms with Crippen molar-refractivity contribution in [3.05, 3.63) is 63.6 Å². The molecule has 2 aromatic carbocycles. The van der Waals surface area contributed by atoms with Crippen molar-refractivity contribution in [2.75, 3.05) is 13.1 Å². The number of halogens is 1. The second-order valence-electron chi connectivity index (χ2n) is 7.30. The Hall–Kier alpha value is -1.70. The van der Waals surface area contributed by atoms with Crippen LogP contribution < -0.4 is 5.32 Å². The lowest BCUT2D eigenvalue weighted by Crippen LogP contribution is -2.43. The monoisotopic (exact) mass is 464 g/mol. The van der Waals surface area contributed by atoms with E-state index in [4.69, 9.17) is 0 Å². The number of amides is 1. The smallest absolute Gasteiger partial charge is 0.243 e. The topological polar surface area (TPSA) is 66.5 Å². The Bertz CT molecular complexity index is 967. The van der Waals surface area contributed by atoms with Crippen LogP contribution in [0.4, 0.5) is 0 Å². The summed E-state index contributed by atoms with van der Waals surface area (Å²) in [6.07, 6.45) is 1.07. The first kappa shape index (κ1) is 21.0. The third kappa shape index (κ3) is 4.82. The van der Waals surface area contributed by atoms with Gasteiger partial charge in [-0.05, 0) is 56.0 Å². The Balaban J connectivity index is 1.58. The quantitative estimate of drug-likeness (QED) is 0.731. The zero-order chi connectivity index (χ0) is 20.3. The molecular weight excluding hydrogens is 440 g/mol. The standard InChI is InChI=1S/C21H25BrN2O3S/c1-15-6-7-20(16(2)12-15)28(26,27)24-10-8-18(9-11-24)21(25)23-14-17-4-3-5-19(22)13-17/h3-7,12-13,18H,8-11,14H2,1-2H3,(H,23,25). The fourth-order valence-corrected chi connectivity index (χ4v) is 5.69. The number of benzene rings is 2. The van der Waals surface area contributed by atoms with Crippen molar-refractivity contribution in [3.63, 3.8) is 0 Å². The van der Waals surface area contributed by atoms with Crippen molar-refractivity contribution in [1.82, 2.24) is 9.62 Å². The molecule has 1 saturated heterocycles. The zero-order valence-electron chi connectivity index (χ0n) is 16.1. The minimum Gasteiger partial charge on any atom is -0.352 e. The van der Waals surface area contributed by atoms with Crippen molar-refractivity contribution < 1.29 is 13.2 Å². The maximum absolute atomic E-state index is 13.0. The van der Waals surface area contributed by atoms with Gasteiger partial charge in [0.05, 0.1) is 4.90 Å². The van der Waals surface area contributed by atoms with Gasteiger partial charge < -0.3 is 5.32 Å². The minimum absolute atomic E-state index is 0.0106. The molecule has 0 unspecified atom stereocenters. The van der Waals surface area contributed by atoms with Crippen molar-refractivity contribution in [3.8, 4) is 0 Å². The molecule has 1 N–H and O–H groups in total. The van der Waals surface area contributed by atoms with E-state index in [1.165, 1.54) is 4.31 Å². The molecule has 28 heavy (non-hydrogen) atoms. The van der Waals surface area contributed by atoms with E-state index in [2.05, 4.69) is 21.2 Å². The molecule has 0 atom stereocenters. The Morgan fingerprint density at radius 2 is 1.86 bits per heavy atom. The van der Waals surface area contributed by atoms with Crippen LogP contribution in [0.2, 0.25) is 0 Å². The highest BCUT2D eigenvalue weighted by Crippen LogP contribution is 2.26. The first-order valence-corrected chi connectivity index (χ1v) is 11.6. The number of hydrogen-bond donors (Lipinski definition) is 1. The summed E-state index contributed by atoms with van der Waals surface area (Å²) in [5.41, 5.74) is 2.82. The van der Waals surface area contributed by atoms with Crippen molar-refractivity contribution in [2.45, 2.75) is 38.1 Å². The Labute approximate surface area is 175 Å². The number of carbonyl (C=O) groups excluding carboxylic acids is 1. The second-order valence-corrected chi connectivity index (χ2v) is 10.1. The van der Waals surface area contributed by atoms with Crippen LogP contribution in [0.3, 0.4) is 0 Å². The number of rotatable bonds is 5. The fourth-order valence-electron chi connectivity index (χ4n) is 3.57. The number of hydrogen-bond acceptors (Lipinski definition) is 3. The van der Waals surface area contributed by atoms with E-state index in [0.717, 1.165) is 21.2 Å². The zero-order valence-corrected chi connectivity index (χ0v) is 18.5. The van der Waals surface area contributed by atoms with Crippen LogP contribution in [-0.4, -0.2) is 31.7 Å². The van der Waals surface area contributed by atoms with Crippen LogP contribution in [0.15, 0.2) is 51.8 Å². The molecule has 2 aromatic rings. The summed E-state index contributed by atoms with van der Waals surface area (Å²) in [5, 5.41) is 2.97. The highest BCUT2D eigenvalue weighted by atomic mass is 79.9. The van der Waals surface area contributed by atoms with E-state index in [1.54, 1.807) is 6.07 Å². The van der Waals surface area contributed by atoms with E-state index in [0.29, 0.717) is 37.4 Å². The van der Waals surface area contributed by atoms with Gasteiger partial charge in [0.15, 0.2) is 0 Å². The SMILES string of the molecule is Cc1ccc(S(=O)(=O)N2CCC(C(=O)NCc3cccc(Br)c3)CC2)c(C)c1. The summed E-state index contributed by atoms with van der Waals surface area (Å²) >= 11 is 3.42. The first-order chi connectivity index (χ1) is 13.3. The highest BCUT2D eigenvalue weighted by Gasteiger charge is 2.32. The summed E-state index contributed by atoms with van der Waals surface area (Å²) < 4.78 is 28.4. The van der Waals surface area contributed by atoms with Gasteiger partial charge in [0, 0.05) is 30.0 Å². The largest absolute Gasteiger partial charge is 0.352 e. The van der Waals surface area contributed by atoms with Crippen molar-refractivity contribution >= 4 is 31.9 Å². The molecule has 3 rings (SSSR count). The molecule has 1 aliphatic rings. The summed E-state index contributed by atoms with van der Waals surface area (Å²) in [6.45, 7) is 4.97. The molecule has 150 valence electrons. The lowest BCUT2D eigenvalue weighted by atomic mass is 9.97. The van der Waals surface area contributed by atoms with Gasteiger partial charge in [-0.25, -0.2) is 8.42 Å². The van der Waals surface area contributed by atoms with E-state index < -0.39 is 10.0 Å². The predicted octanol–water partition coefficient (Wildman–Crippen LogP) is 3.78. The molecule has 0 saturated carbocycles. The Morgan fingerprint density at radius 3 is 2.50 bits per heavy atom. The third-order valence-electron chi connectivity index (χ3n) is 5.13. The van der Waals surface area contributed by atoms with Crippen LogP contribution in [0.25, 0.3) is 0 Å². The average molecular weight is 465 g/mol. The molecule has 5 nitrogen and oxygen atoms in total. The summed E-state index contributed by atoms with van der Waals surface area (Å²) in [6, 6.07) is 13.2. The van der Waals surface area contributed by atoms with Gasteiger partial charge in [-0.15, -0.1) is 0 Å². The molecule has 0 spiro atoms. The molecule has 7 heteroatoms. The lowest BCUT2D eigenvalue weighted by Gasteiger charge is -2.31. The molecular formula is C21H25BrN2O3S. The van der Waals surface area contributed by atoms with E-state index >= 15 is 0 Å². The number of sulfonamides is 1. The number of piperidine rings is 1. The number of aryl methyl sites for hydroxylation is 2. The number of nitrogens with one attached hydrogen (secondary N) is 1. The van der Waals surface area contributed by atoms with Gasteiger partial charge in [-0.1, -0.05) is 45.8 Å². The Morgan fingerprint density at radius 1 is 1.14 bits per heavy atom. The van der Waals surface area contributed by atoms with E-state index in [-0.39, 0.29) is 11.8 Å². The maximum Gasteiger partial charge on any atom is 0.243 e. The van der Waals surface area contributed by atoms with Gasteiger partial charge in [0.2, 0.25) is 15.9 Å². The summed E-state index contributed by atoms with van der Waals surface area (Å²) in [4.78, 5) is 12.8. The van der Waals surface area contributed by atoms with Crippen LogP contribution in [0.5, 0.6) is 0 Å².